The standard InChI is InChI=1S/C32H30Cl4FN7O2/c1-6-20(45)43-10-9-42(13-16(43)5)30-17-11-19(33)28(21-22(34)23(35)24(36)26(39)25(21)37)41-31(17)44(32(46)18(30)12-38)29-15(4)7-8-40-27(29)14(2)3/h6-8,11,14,16,27,40H,1,9-10,13,39H2,2-5H3/t16-,27?/m1/s1. The van der Waals surface area contributed by atoms with Crippen LogP contribution < -0.4 is 21.5 Å². The summed E-state index contributed by atoms with van der Waals surface area (Å²) >= 11 is 25.8. The lowest BCUT2D eigenvalue weighted by atomic mass is 9.94. The van der Waals surface area contributed by atoms with Gasteiger partial charge < -0.3 is 20.9 Å². The van der Waals surface area contributed by atoms with Crippen LogP contribution in [0.3, 0.4) is 0 Å². The fourth-order valence-electron chi connectivity index (χ4n) is 6.07. The molecule has 9 nitrogen and oxygen atoms in total. The van der Waals surface area contributed by atoms with Gasteiger partial charge in [0.05, 0.1) is 54.5 Å². The Hall–Kier alpha value is -3.75. The third-order valence-electron chi connectivity index (χ3n) is 8.34. The summed E-state index contributed by atoms with van der Waals surface area (Å²) in [5, 5.41) is 13.4. The van der Waals surface area contributed by atoms with E-state index < -0.39 is 17.1 Å². The lowest BCUT2D eigenvalue weighted by Crippen LogP contribution is -2.54. The summed E-state index contributed by atoms with van der Waals surface area (Å²) in [6, 6.07) is 3.02. The van der Waals surface area contributed by atoms with Gasteiger partial charge in [0, 0.05) is 31.1 Å². The summed E-state index contributed by atoms with van der Waals surface area (Å²) in [7, 11) is 0. The molecule has 5 rings (SSSR count). The van der Waals surface area contributed by atoms with Gasteiger partial charge in [0.1, 0.15) is 17.3 Å². The summed E-state index contributed by atoms with van der Waals surface area (Å²) in [5.41, 5.74) is 6.04. The molecule has 1 unspecified atom stereocenters. The minimum atomic E-state index is -0.981. The minimum absolute atomic E-state index is 0.00640. The molecule has 3 N–H and O–H groups in total. The van der Waals surface area contributed by atoms with Crippen LogP contribution in [0.5, 0.6) is 0 Å². The molecular weight excluding hydrogens is 675 g/mol. The number of benzene rings is 1. The molecule has 2 aromatic heterocycles. The van der Waals surface area contributed by atoms with Crippen molar-refractivity contribution >= 4 is 80.4 Å². The number of anilines is 2. The van der Waals surface area contributed by atoms with Gasteiger partial charge in [-0.25, -0.2) is 9.37 Å². The van der Waals surface area contributed by atoms with Crippen LogP contribution in [0.2, 0.25) is 20.1 Å². The molecule has 1 fully saturated rings. The number of carbonyl (C=O) groups excluding carboxylic acids is 1. The number of carbonyl (C=O) groups is 1. The van der Waals surface area contributed by atoms with Gasteiger partial charge in [0.2, 0.25) is 5.91 Å². The Balaban J connectivity index is 1.91. The van der Waals surface area contributed by atoms with Crippen molar-refractivity contribution < 1.29 is 9.18 Å². The maximum Gasteiger partial charge on any atom is 0.276 e. The largest absolute Gasteiger partial charge is 0.395 e. The summed E-state index contributed by atoms with van der Waals surface area (Å²) < 4.78 is 17.1. The van der Waals surface area contributed by atoms with Crippen molar-refractivity contribution in [2.75, 3.05) is 30.3 Å². The third kappa shape index (κ3) is 5.39. The second kappa shape index (κ2) is 12.8. The Bertz CT molecular complexity index is 1950. The highest BCUT2D eigenvalue weighted by Gasteiger charge is 2.34. The number of hydrogen-bond acceptors (Lipinski definition) is 7. The number of halogens is 5. The Kier molecular flexibility index (Phi) is 9.35. The lowest BCUT2D eigenvalue weighted by Gasteiger charge is -2.41. The van der Waals surface area contributed by atoms with Crippen molar-refractivity contribution in [2.45, 2.75) is 39.8 Å². The number of dihydropyridines is 1. The smallest absolute Gasteiger partial charge is 0.276 e. The number of nitrogens with one attached hydrogen (secondary N) is 1. The molecule has 0 spiro atoms. The molecule has 240 valence electrons. The van der Waals surface area contributed by atoms with E-state index >= 15 is 4.39 Å². The van der Waals surface area contributed by atoms with Crippen molar-refractivity contribution in [1.82, 2.24) is 19.8 Å². The number of nitrogens with two attached hydrogens (primary N) is 1. The third-order valence-corrected chi connectivity index (χ3v) is 9.97. The first kappa shape index (κ1) is 33.6. The fraction of sp³-hybridized carbons (Fsp3) is 0.312. The van der Waals surface area contributed by atoms with Crippen LogP contribution in [0.25, 0.3) is 28.0 Å². The molecule has 4 heterocycles. The summed E-state index contributed by atoms with van der Waals surface area (Å²) in [5.74, 6) is -1.19. The normalized spacial score (nSPS) is 18.3. The number of aromatic nitrogens is 2. The second-order valence-corrected chi connectivity index (χ2v) is 13.1. The number of piperazine rings is 1. The van der Waals surface area contributed by atoms with Crippen molar-refractivity contribution in [3.8, 4) is 17.3 Å². The van der Waals surface area contributed by atoms with E-state index in [0.29, 0.717) is 36.4 Å². The first-order valence-electron chi connectivity index (χ1n) is 14.4. The van der Waals surface area contributed by atoms with Gasteiger partial charge in [-0.2, -0.15) is 5.26 Å². The topological polar surface area (TPSA) is 120 Å². The number of amides is 1. The number of allylic oxidation sites excluding steroid dienone is 2. The SMILES string of the molecule is C=CC(=O)N1CCN(c2c(C#N)c(=O)n(C3=C(C)C=CNC3C(C)C)c3nc(-c4c(F)c(N)c(Cl)c(Cl)c4Cl)c(Cl)cc23)C[C@H]1C. The average Bonchev–Trinajstić information content (AvgIpc) is 3.02. The first-order valence-corrected chi connectivity index (χ1v) is 15.9. The zero-order chi connectivity index (χ0) is 33.8. The molecule has 0 aliphatic carbocycles. The minimum Gasteiger partial charge on any atom is -0.395 e. The number of hydrogen-bond donors (Lipinski definition) is 2. The van der Waals surface area contributed by atoms with Gasteiger partial charge in [-0.15, -0.1) is 0 Å². The molecule has 1 aromatic carbocycles. The van der Waals surface area contributed by atoms with E-state index in [1.807, 2.05) is 38.7 Å². The van der Waals surface area contributed by atoms with Crippen molar-refractivity contribution in [2.24, 2.45) is 5.92 Å². The van der Waals surface area contributed by atoms with Gasteiger partial charge in [-0.3, -0.25) is 14.2 Å². The van der Waals surface area contributed by atoms with Crippen LogP contribution in [0.15, 0.2) is 41.4 Å². The van der Waals surface area contributed by atoms with Crippen molar-refractivity contribution in [3.05, 3.63) is 78.4 Å². The van der Waals surface area contributed by atoms with Crippen LogP contribution in [0, 0.1) is 23.1 Å². The summed E-state index contributed by atoms with van der Waals surface area (Å²) in [4.78, 5) is 35.3. The van der Waals surface area contributed by atoms with E-state index in [1.165, 1.54) is 16.7 Å². The average molecular weight is 705 g/mol. The van der Waals surface area contributed by atoms with Gasteiger partial charge >= 0.3 is 0 Å². The molecule has 3 aromatic rings. The zero-order valence-electron chi connectivity index (χ0n) is 25.4. The number of nitrogen functional groups attached to an aromatic ring is 1. The summed E-state index contributed by atoms with van der Waals surface area (Å²) in [6.07, 6.45) is 4.87. The monoisotopic (exact) mass is 703 g/mol. The van der Waals surface area contributed by atoms with Crippen molar-refractivity contribution in [3.63, 3.8) is 0 Å². The van der Waals surface area contributed by atoms with Crippen molar-refractivity contribution in [1.29, 1.82) is 5.26 Å². The highest BCUT2D eigenvalue weighted by molar-refractivity contribution is 6.50. The van der Waals surface area contributed by atoms with Gasteiger partial charge in [0.15, 0.2) is 5.82 Å². The Labute approximate surface area is 285 Å². The van der Waals surface area contributed by atoms with E-state index in [0.717, 1.165) is 5.57 Å². The lowest BCUT2D eigenvalue weighted by molar-refractivity contribution is -0.128. The highest BCUT2D eigenvalue weighted by Crippen LogP contribution is 2.46. The predicted octanol–water partition coefficient (Wildman–Crippen LogP) is 6.87. The molecule has 1 saturated heterocycles. The van der Waals surface area contributed by atoms with Gasteiger partial charge in [0.25, 0.3) is 5.56 Å². The number of rotatable bonds is 5. The quantitative estimate of drug-likeness (QED) is 0.129. The Morgan fingerprint density at radius 3 is 2.54 bits per heavy atom. The maximum atomic E-state index is 15.8. The predicted molar refractivity (Wildman–Crippen MR) is 184 cm³/mol. The van der Waals surface area contributed by atoms with Crippen LogP contribution in [0.4, 0.5) is 15.8 Å². The Morgan fingerprint density at radius 2 is 1.93 bits per heavy atom. The van der Waals surface area contributed by atoms with E-state index in [4.69, 9.17) is 57.1 Å². The van der Waals surface area contributed by atoms with Crippen LogP contribution >= 0.6 is 46.4 Å². The number of nitriles is 1. The van der Waals surface area contributed by atoms with Crippen LogP contribution in [0.1, 0.15) is 33.3 Å². The molecule has 2 atom stereocenters. The van der Waals surface area contributed by atoms with E-state index in [-0.39, 0.29) is 66.5 Å². The maximum absolute atomic E-state index is 15.8. The first-order chi connectivity index (χ1) is 21.7. The summed E-state index contributed by atoms with van der Waals surface area (Å²) in [6.45, 7) is 12.2. The number of nitrogens with zero attached hydrogens (tertiary/aromatic N) is 5. The highest BCUT2D eigenvalue weighted by atomic mass is 35.5. The van der Waals surface area contributed by atoms with E-state index in [9.17, 15) is 14.9 Å². The molecule has 2 aliphatic heterocycles. The molecule has 0 saturated carbocycles. The number of pyridine rings is 2. The number of fused-ring (bicyclic) bond motifs is 1. The molecule has 2 aliphatic rings. The molecule has 46 heavy (non-hydrogen) atoms. The van der Waals surface area contributed by atoms with Crippen LogP contribution in [-0.4, -0.2) is 52.1 Å². The second-order valence-electron chi connectivity index (χ2n) is 11.5. The molecule has 1 amide bonds. The molecule has 14 heteroatoms. The van der Waals surface area contributed by atoms with Gasteiger partial charge in [-0.1, -0.05) is 66.8 Å². The van der Waals surface area contributed by atoms with E-state index in [2.05, 4.69) is 18.0 Å². The van der Waals surface area contributed by atoms with Gasteiger partial charge in [-0.05, 0) is 49.8 Å². The molecule has 0 radical (unpaired) electrons. The molecular formula is C32H30Cl4FN7O2. The zero-order valence-corrected chi connectivity index (χ0v) is 28.4. The van der Waals surface area contributed by atoms with E-state index in [1.54, 1.807) is 11.1 Å². The molecule has 0 bridgehead atoms. The fourth-order valence-corrected chi connectivity index (χ4v) is 7.01. The van der Waals surface area contributed by atoms with Crippen LogP contribution in [-0.2, 0) is 4.79 Å². The Morgan fingerprint density at radius 1 is 1.24 bits per heavy atom.